The molecule has 0 fully saturated rings. The molecule has 0 saturated heterocycles. The molecule has 2 rings (SSSR count). The Morgan fingerprint density at radius 3 is 2.10 bits per heavy atom. The van der Waals surface area contributed by atoms with Gasteiger partial charge in [-0.3, -0.25) is 0 Å². The molecular formula is C18H22ClNO. The van der Waals surface area contributed by atoms with E-state index in [1.807, 2.05) is 37.4 Å². The molecular weight excluding hydrogens is 282 g/mol. The lowest BCUT2D eigenvalue weighted by molar-refractivity contribution is 0.481. The minimum atomic E-state index is 0.219. The fraction of sp³-hybridized carbons (Fsp3) is 0.333. The molecule has 0 saturated carbocycles. The first-order valence-electron chi connectivity index (χ1n) is 7.25. The molecule has 2 aromatic carbocycles. The number of hydrogen-bond acceptors (Lipinski definition) is 2. The van der Waals surface area contributed by atoms with Crippen LogP contribution in [-0.4, -0.2) is 7.05 Å². The third-order valence-corrected chi connectivity index (χ3v) is 3.98. The summed E-state index contributed by atoms with van der Waals surface area (Å²) in [6, 6.07) is 14.2. The van der Waals surface area contributed by atoms with Gasteiger partial charge < -0.3 is 10.1 Å². The minimum Gasteiger partial charge on any atom is -0.457 e. The summed E-state index contributed by atoms with van der Waals surface area (Å²) in [5.74, 6) is 2.10. The van der Waals surface area contributed by atoms with Crippen molar-refractivity contribution in [2.24, 2.45) is 0 Å². The molecule has 0 aromatic heterocycles. The molecule has 0 amide bonds. The van der Waals surface area contributed by atoms with Gasteiger partial charge in [-0.15, -0.1) is 0 Å². The first kappa shape index (κ1) is 15.9. The van der Waals surface area contributed by atoms with Gasteiger partial charge in [0.2, 0.25) is 0 Å². The predicted molar refractivity (Wildman–Crippen MR) is 89.5 cm³/mol. The average Bonchev–Trinajstić information content (AvgIpc) is 2.47. The van der Waals surface area contributed by atoms with Crippen molar-refractivity contribution < 1.29 is 4.74 Å². The standard InChI is InChI=1S/C18H22ClNO/c1-12(2)14-5-7-15(8-6-14)21-16-9-10-17(13(3)20-4)18(19)11-16/h5-13,20H,1-4H3. The van der Waals surface area contributed by atoms with Gasteiger partial charge in [0.1, 0.15) is 11.5 Å². The molecule has 0 aliphatic carbocycles. The molecule has 3 heteroatoms. The lowest BCUT2D eigenvalue weighted by atomic mass is 10.0. The summed E-state index contributed by atoms with van der Waals surface area (Å²) in [7, 11) is 1.92. The zero-order valence-electron chi connectivity index (χ0n) is 13.0. The Balaban J connectivity index is 2.14. The highest BCUT2D eigenvalue weighted by Gasteiger charge is 2.09. The molecule has 0 aliphatic heterocycles. The van der Waals surface area contributed by atoms with Crippen LogP contribution < -0.4 is 10.1 Å². The maximum atomic E-state index is 6.32. The summed E-state index contributed by atoms with van der Waals surface area (Å²) in [5, 5.41) is 3.90. The Morgan fingerprint density at radius 2 is 1.57 bits per heavy atom. The molecule has 0 heterocycles. The molecule has 21 heavy (non-hydrogen) atoms. The Kier molecular flexibility index (Phi) is 5.27. The fourth-order valence-electron chi connectivity index (χ4n) is 2.13. The second-order valence-corrected chi connectivity index (χ2v) is 5.93. The van der Waals surface area contributed by atoms with E-state index in [1.165, 1.54) is 5.56 Å². The van der Waals surface area contributed by atoms with Gasteiger partial charge in [0.05, 0.1) is 0 Å². The van der Waals surface area contributed by atoms with E-state index in [0.29, 0.717) is 10.9 Å². The second-order valence-electron chi connectivity index (χ2n) is 5.52. The Hall–Kier alpha value is -1.51. The van der Waals surface area contributed by atoms with Crippen molar-refractivity contribution in [2.45, 2.75) is 32.7 Å². The van der Waals surface area contributed by atoms with Crippen molar-refractivity contribution in [2.75, 3.05) is 7.05 Å². The fourth-order valence-corrected chi connectivity index (χ4v) is 2.47. The van der Waals surface area contributed by atoms with Gasteiger partial charge >= 0.3 is 0 Å². The van der Waals surface area contributed by atoms with Crippen molar-refractivity contribution >= 4 is 11.6 Å². The lowest BCUT2D eigenvalue weighted by Gasteiger charge is -2.14. The summed E-state index contributed by atoms with van der Waals surface area (Å²) in [4.78, 5) is 0. The summed E-state index contributed by atoms with van der Waals surface area (Å²) < 4.78 is 5.86. The molecule has 0 aliphatic rings. The molecule has 0 spiro atoms. The SMILES string of the molecule is CNC(C)c1ccc(Oc2ccc(C(C)C)cc2)cc1Cl. The van der Waals surface area contributed by atoms with Gasteiger partial charge in [-0.05, 0) is 55.3 Å². The minimum absolute atomic E-state index is 0.219. The zero-order chi connectivity index (χ0) is 15.4. The summed E-state index contributed by atoms with van der Waals surface area (Å²) in [5.41, 5.74) is 2.38. The smallest absolute Gasteiger partial charge is 0.128 e. The van der Waals surface area contributed by atoms with Gasteiger partial charge in [-0.1, -0.05) is 43.6 Å². The Bertz CT molecular complexity index is 593. The van der Waals surface area contributed by atoms with E-state index in [-0.39, 0.29) is 6.04 Å². The molecule has 0 bridgehead atoms. The van der Waals surface area contributed by atoms with Gasteiger partial charge in [0.15, 0.2) is 0 Å². The van der Waals surface area contributed by atoms with Crippen LogP contribution in [-0.2, 0) is 0 Å². The van der Waals surface area contributed by atoms with Crippen LogP contribution in [0.15, 0.2) is 42.5 Å². The summed E-state index contributed by atoms with van der Waals surface area (Å²) in [6.07, 6.45) is 0. The third-order valence-electron chi connectivity index (χ3n) is 3.65. The van der Waals surface area contributed by atoms with E-state index in [1.54, 1.807) is 0 Å². The van der Waals surface area contributed by atoms with E-state index < -0.39 is 0 Å². The number of halogens is 1. The summed E-state index contributed by atoms with van der Waals surface area (Å²) >= 11 is 6.32. The average molecular weight is 304 g/mol. The number of hydrogen-bond donors (Lipinski definition) is 1. The van der Waals surface area contributed by atoms with Crippen LogP contribution in [0.3, 0.4) is 0 Å². The van der Waals surface area contributed by atoms with Crippen molar-refractivity contribution in [1.82, 2.24) is 5.32 Å². The van der Waals surface area contributed by atoms with Crippen molar-refractivity contribution in [3.63, 3.8) is 0 Å². The Morgan fingerprint density at radius 1 is 0.952 bits per heavy atom. The van der Waals surface area contributed by atoms with Crippen molar-refractivity contribution in [3.8, 4) is 11.5 Å². The maximum absolute atomic E-state index is 6.32. The quantitative estimate of drug-likeness (QED) is 0.783. The topological polar surface area (TPSA) is 21.3 Å². The van der Waals surface area contributed by atoms with Crippen LogP contribution in [0.1, 0.15) is 43.9 Å². The number of nitrogens with one attached hydrogen (secondary N) is 1. The van der Waals surface area contributed by atoms with E-state index in [9.17, 15) is 0 Å². The van der Waals surface area contributed by atoms with Crippen LogP contribution in [0.4, 0.5) is 0 Å². The molecule has 1 atom stereocenters. The molecule has 2 aromatic rings. The second kappa shape index (κ2) is 6.97. The van der Waals surface area contributed by atoms with Gasteiger partial charge in [0.25, 0.3) is 0 Å². The third kappa shape index (κ3) is 3.99. The highest BCUT2D eigenvalue weighted by atomic mass is 35.5. The molecule has 112 valence electrons. The number of rotatable bonds is 5. The maximum Gasteiger partial charge on any atom is 0.128 e. The van der Waals surface area contributed by atoms with Crippen molar-refractivity contribution in [1.29, 1.82) is 0 Å². The van der Waals surface area contributed by atoms with Crippen LogP contribution in [0.5, 0.6) is 11.5 Å². The van der Waals surface area contributed by atoms with E-state index in [0.717, 1.165) is 17.1 Å². The monoisotopic (exact) mass is 303 g/mol. The number of benzene rings is 2. The predicted octanol–water partition coefficient (Wildman–Crippen LogP) is 5.54. The van der Waals surface area contributed by atoms with Gasteiger partial charge in [-0.25, -0.2) is 0 Å². The molecule has 1 N–H and O–H groups in total. The van der Waals surface area contributed by atoms with E-state index in [2.05, 4.69) is 38.2 Å². The lowest BCUT2D eigenvalue weighted by Crippen LogP contribution is -2.12. The largest absolute Gasteiger partial charge is 0.457 e. The molecule has 1 unspecified atom stereocenters. The normalized spacial score (nSPS) is 12.5. The zero-order valence-corrected chi connectivity index (χ0v) is 13.7. The van der Waals surface area contributed by atoms with Crippen LogP contribution in [0, 0.1) is 0 Å². The van der Waals surface area contributed by atoms with Crippen LogP contribution in [0.2, 0.25) is 5.02 Å². The van der Waals surface area contributed by atoms with Crippen molar-refractivity contribution in [3.05, 3.63) is 58.6 Å². The van der Waals surface area contributed by atoms with E-state index >= 15 is 0 Å². The Labute approximate surface area is 132 Å². The molecule has 2 nitrogen and oxygen atoms in total. The summed E-state index contributed by atoms with van der Waals surface area (Å²) in [6.45, 7) is 6.43. The van der Waals surface area contributed by atoms with Gasteiger partial charge in [0, 0.05) is 11.1 Å². The first-order chi connectivity index (χ1) is 10.0. The van der Waals surface area contributed by atoms with E-state index in [4.69, 9.17) is 16.3 Å². The van der Waals surface area contributed by atoms with Crippen LogP contribution in [0.25, 0.3) is 0 Å². The first-order valence-corrected chi connectivity index (χ1v) is 7.63. The number of ether oxygens (including phenoxy) is 1. The van der Waals surface area contributed by atoms with Gasteiger partial charge in [-0.2, -0.15) is 0 Å². The highest BCUT2D eigenvalue weighted by Crippen LogP contribution is 2.30. The van der Waals surface area contributed by atoms with Crippen LogP contribution >= 0.6 is 11.6 Å². The highest BCUT2D eigenvalue weighted by molar-refractivity contribution is 6.31. The molecule has 0 radical (unpaired) electrons.